The molecule has 3 heteroatoms. The number of aliphatic hydroxyl groups is 1. The van der Waals surface area contributed by atoms with E-state index in [-0.39, 0.29) is 6.04 Å². The number of aliphatic hydroxyl groups excluding tert-OH is 1. The molecule has 3 nitrogen and oxygen atoms in total. The normalized spacial score (nSPS) is 14.1. The maximum atomic E-state index is 9.69. The van der Waals surface area contributed by atoms with E-state index in [4.69, 9.17) is 5.26 Å². The minimum Gasteiger partial charge on any atom is -0.511 e. The average Bonchev–Trinajstić information content (AvgIpc) is 2.12. The quantitative estimate of drug-likeness (QED) is 0.506. The minimum atomic E-state index is -0.0247. The van der Waals surface area contributed by atoms with E-state index >= 15 is 0 Å². The summed E-state index contributed by atoms with van der Waals surface area (Å²) in [4.78, 5) is 0. The van der Waals surface area contributed by atoms with E-state index in [1.165, 1.54) is 0 Å². The first-order chi connectivity index (χ1) is 6.63. The van der Waals surface area contributed by atoms with Crippen molar-refractivity contribution in [3.8, 4) is 6.07 Å². The summed E-state index contributed by atoms with van der Waals surface area (Å²) in [5, 5.41) is 21.3. The van der Waals surface area contributed by atoms with Crippen molar-refractivity contribution in [1.29, 1.82) is 5.26 Å². The fraction of sp³-hybridized carbons (Fsp3) is 0.727. The predicted octanol–water partition coefficient (Wildman–Crippen LogP) is 2.37. The van der Waals surface area contributed by atoms with Gasteiger partial charge in [-0.2, -0.15) is 5.26 Å². The number of hydrogen-bond acceptors (Lipinski definition) is 3. The van der Waals surface area contributed by atoms with E-state index in [0.29, 0.717) is 24.6 Å². The van der Waals surface area contributed by atoms with Gasteiger partial charge < -0.3 is 10.4 Å². The van der Waals surface area contributed by atoms with Gasteiger partial charge in [0.25, 0.3) is 0 Å². The summed E-state index contributed by atoms with van der Waals surface area (Å²) >= 11 is 0. The lowest BCUT2D eigenvalue weighted by atomic mass is 10.0. The van der Waals surface area contributed by atoms with Gasteiger partial charge in [0, 0.05) is 13.0 Å². The SMILES string of the molecule is CC/C=C(\O)C(NCCC#N)C(C)C. The molecule has 1 unspecified atom stereocenters. The van der Waals surface area contributed by atoms with Gasteiger partial charge >= 0.3 is 0 Å². The number of nitrogens with zero attached hydrogens (tertiary/aromatic N) is 1. The van der Waals surface area contributed by atoms with E-state index < -0.39 is 0 Å². The number of rotatable bonds is 6. The number of hydrogen-bond donors (Lipinski definition) is 2. The highest BCUT2D eigenvalue weighted by molar-refractivity contribution is 5.02. The molecular formula is C11H20N2O. The maximum Gasteiger partial charge on any atom is 0.105 e. The smallest absolute Gasteiger partial charge is 0.105 e. The Hall–Kier alpha value is -1.01. The molecule has 0 aromatic rings. The van der Waals surface area contributed by atoms with Crippen molar-refractivity contribution in [3.63, 3.8) is 0 Å². The molecule has 0 rings (SSSR count). The van der Waals surface area contributed by atoms with Crippen molar-refractivity contribution in [2.24, 2.45) is 5.92 Å². The molecule has 0 aliphatic carbocycles. The van der Waals surface area contributed by atoms with Crippen LogP contribution in [-0.4, -0.2) is 17.7 Å². The molecule has 0 amide bonds. The highest BCUT2D eigenvalue weighted by Gasteiger charge is 2.16. The van der Waals surface area contributed by atoms with Gasteiger partial charge in [0.15, 0.2) is 0 Å². The Bertz CT molecular complexity index is 216. The fourth-order valence-electron chi connectivity index (χ4n) is 1.30. The van der Waals surface area contributed by atoms with Crippen LogP contribution < -0.4 is 5.32 Å². The summed E-state index contributed by atoms with van der Waals surface area (Å²) in [5.74, 6) is 0.719. The molecule has 0 saturated carbocycles. The zero-order chi connectivity index (χ0) is 11.0. The topological polar surface area (TPSA) is 56.0 Å². The first kappa shape index (κ1) is 13.0. The van der Waals surface area contributed by atoms with Crippen LogP contribution >= 0.6 is 0 Å². The average molecular weight is 196 g/mol. The lowest BCUT2D eigenvalue weighted by molar-refractivity contribution is 0.298. The van der Waals surface area contributed by atoms with Gasteiger partial charge in [-0.05, 0) is 18.4 Å². The Morgan fingerprint density at radius 1 is 1.57 bits per heavy atom. The predicted molar refractivity (Wildman–Crippen MR) is 57.9 cm³/mol. The van der Waals surface area contributed by atoms with Crippen molar-refractivity contribution < 1.29 is 5.11 Å². The second-order valence-corrected chi connectivity index (χ2v) is 3.62. The highest BCUT2D eigenvalue weighted by Crippen LogP contribution is 2.10. The third-order valence-corrected chi connectivity index (χ3v) is 2.00. The van der Waals surface area contributed by atoms with Crippen LogP contribution in [0.1, 0.15) is 33.6 Å². The van der Waals surface area contributed by atoms with Crippen molar-refractivity contribution in [2.75, 3.05) is 6.54 Å². The third-order valence-electron chi connectivity index (χ3n) is 2.00. The van der Waals surface area contributed by atoms with Crippen LogP contribution in [0.15, 0.2) is 11.8 Å². The van der Waals surface area contributed by atoms with Crippen molar-refractivity contribution in [2.45, 2.75) is 39.7 Å². The summed E-state index contributed by atoms with van der Waals surface area (Å²) in [6, 6.07) is 2.04. The van der Waals surface area contributed by atoms with Crippen LogP contribution in [-0.2, 0) is 0 Å². The molecule has 2 N–H and O–H groups in total. The molecule has 0 radical (unpaired) electrons. The van der Waals surface area contributed by atoms with Gasteiger partial charge in [0.2, 0.25) is 0 Å². The van der Waals surface area contributed by atoms with E-state index in [9.17, 15) is 5.11 Å². The molecule has 0 fully saturated rings. The molecule has 0 heterocycles. The molecular weight excluding hydrogens is 176 g/mol. The van der Waals surface area contributed by atoms with Crippen LogP contribution in [0.25, 0.3) is 0 Å². The highest BCUT2D eigenvalue weighted by atomic mass is 16.3. The Morgan fingerprint density at radius 2 is 2.21 bits per heavy atom. The van der Waals surface area contributed by atoms with Crippen LogP contribution in [0, 0.1) is 17.2 Å². The summed E-state index contributed by atoms with van der Waals surface area (Å²) < 4.78 is 0. The van der Waals surface area contributed by atoms with Crippen LogP contribution in [0.5, 0.6) is 0 Å². The molecule has 14 heavy (non-hydrogen) atoms. The van der Waals surface area contributed by atoms with Gasteiger partial charge in [-0.3, -0.25) is 0 Å². The van der Waals surface area contributed by atoms with Gasteiger partial charge in [-0.15, -0.1) is 0 Å². The summed E-state index contributed by atoms with van der Waals surface area (Å²) in [7, 11) is 0. The largest absolute Gasteiger partial charge is 0.511 e. The molecule has 0 saturated heterocycles. The Morgan fingerprint density at radius 3 is 2.64 bits per heavy atom. The van der Waals surface area contributed by atoms with Crippen LogP contribution in [0.4, 0.5) is 0 Å². The third kappa shape index (κ3) is 4.88. The zero-order valence-corrected chi connectivity index (χ0v) is 9.25. The van der Waals surface area contributed by atoms with E-state index in [1.54, 1.807) is 0 Å². The summed E-state index contributed by atoms with van der Waals surface area (Å²) in [6.07, 6.45) is 3.11. The van der Waals surface area contributed by atoms with Crippen molar-refractivity contribution in [3.05, 3.63) is 11.8 Å². The molecule has 0 aromatic heterocycles. The summed E-state index contributed by atoms with van der Waals surface area (Å²) in [5.41, 5.74) is 0. The lowest BCUT2D eigenvalue weighted by Gasteiger charge is -2.21. The van der Waals surface area contributed by atoms with Crippen molar-refractivity contribution >= 4 is 0 Å². The van der Waals surface area contributed by atoms with Gasteiger partial charge in [-0.1, -0.05) is 20.8 Å². The van der Waals surface area contributed by atoms with E-state index in [2.05, 4.69) is 11.4 Å². The van der Waals surface area contributed by atoms with Crippen molar-refractivity contribution in [1.82, 2.24) is 5.32 Å². The van der Waals surface area contributed by atoms with E-state index in [0.717, 1.165) is 6.42 Å². The molecule has 0 aromatic carbocycles. The molecule has 0 bridgehead atoms. The molecule has 0 aliphatic heterocycles. The van der Waals surface area contributed by atoms with Gasteiger partial charge in [-0.25, -0.2) is 0 Å². The molecule has 0 spiro atoms. The lowest BCUT2D eigenvalue weighted by Crippen LogP contribution is -2.36. The Balaban J connectivity index is 4.16. The second-order valence-electron chi connectivity index (χ2n) is 3.62. The van der Waals surface area contributed by atoms with Gasteiger partial charge in [0.1, 0.15) is 5.76 Å². The number of allylic oxidation sites excluding steroid dienone is 1. The monoisotopic (exact) mass is 196 g/mol. The second kappa shape index (κ2) is 7.40. The Kier molecular flexibility index (Phi) is 6.87. The standard InChI is InChI=1S/C11H20N2O/c1-4-6-10(14)11(9(2)3)13-8-5-7-12/h6,9,11,13-14H,4-5,8H2,1-3H3/b10-6-. The molecule has 80 valence electrons. The summed E-state index contributed by atoms with van der Waals surface area (Å²) in [6.45, 7) is 6.71. The van der Waals surface area contributed by atoms with Crippen LogP contribution in [0.2, 0.25) is 0 Å². The first-order valence-corrected chi connectivity index (χ1v) is 5.12. The number of nitriles is 1. The number of nitrogens with one attached hydrogen (secondary N) is 1. The zero-order valence-electron chi connectivity index (χ0n) is 9.25. The first-order valence-electron chi connectivity index (χ1n) is 5.12. The molecule has 0 aliphatic rings. The fourth-order valence-corrected chi connectivity index (χ4v) is 1.30. The van der Waals surface area contributed by atoms with Crippen LogP contribution in [0.3, 0.4) is 0 Å². The van der Waals surface area contributed by atoms with Gasteiger partial charge in [0.05, 0.1) is 12.1 Å². The molecule has 1 atom stereocenters. The minimum absolute atomic E-state index is 0.0247. The van der Waals surface area contributed by atoms with E-state index in [1.807, 2.05) is 26.8 Å². The maximum absolute atomic E-state index is 9.69. The Labute approximate surface area is 86.4 Å².